The van der Waals surface area contributed by atoms with E-state index in [4.69, 9.17) is 4.74 Å². The van der Waals surface area contributed by atoms with Crippen molar-refractivity contribution in [2.45, 2.75) is 24.7 Å². The highest BCUT2D eigenvalue weighted by Crippen LogP contribution is 2.46. The third-order valence-electron chi connectivity index (χ3n) is 5.58. The molecule has 2 amide bonds. The average Bonchev–Trinajstić information content (AvgIpc) is 3.42. The number of epoxide rings is 1. The molecule has 0 spiro atoms. The van der Waals surface area contributed by atoms with Gasteiger partial charge in [0, 0.05) is 30.4 Å². The number of anilines is 1. The Balaban J connectivity index is 1.46. The molecule has 0 unspecified atom stereocenters. The molecule has 0 aliphatic carbocycles. The molecule has 2 fully saturated rings. The Hall–Kier alpha value is -2.88. The zero-order valence-corrected chi connectivity index (χ0v) is 16.5. The van der Waals surface area contributed by atoms with E-state index < -0.39 is 36.1 Å². The number of carbonyl (C=O) groups excluding carboxylic acids is 1. The number of halogens is 5. The van der Waals surface area contributed by atoms with E-state index in [9.17, 15) is 26.7 Å². The van der Waals surface area contributed by atoms with Crippen LogP contribution in [0.15, 0.2) is 42.5 Å². The maximum Gasteiger partial charge on any atom is 0.422 e. The molecule has 5 nitrogen and oxygen atoms in total. The summed E-state index contributed by atoms with van der Waals surface area (Å²) in [6.45, 7) is 1.23. The highest BCUT2D eigenvalue weighted by atomic mass is 19.4. The second-order valence-electron chi connectivity index (χ2n) is 7.50. The molecule has 2 aliphatic rings. The zero-order valence-electron chi connectivity index (χ0n) is 16.5. The van der Waals surface area contributed by atoms with Gasteiger partial charge in [-0.05, 0) is 37.3 Å². The molecule has 2 aromatic rings. The van der Waals surface area contributed by atoms with Crippen molar-refractivity contribution in [3.63, 3.8) is 0 Å². The summed E-state index contributed by atoms with van der Waals surface area (Å²) < 4.78 is 74.6. The van der Waals surface area contributed by atoms with E-state index in [0.29, 0.717) is 18.8 Å². The fourth-order valence-corrected chi connectivity index (χ4v) is 3.82. The smallest absolute Gasteiger partial charge is 0.422 e. The third kappa shape index (κ3) is 4.16. The van der Waals surface area contributed by atoms with E-state index in [1.54, 1.807) is 11.8 Å². The van der Waals surface area contributed by atoms with E-state index in [1.165, 1.54) is 35.2 Å². The second-order valence-corrected chi connectivity index (χ2v) is 7.50. The minimum absolute atomic E-state index is 0.0371. The highest BCUT2D eigenvalue weighted by Gasteiger charge is 2.56. The number of benzene rings is 2. The number of carbonyl (C=O) groups is 1. The van der Waals surface area contributed by atoms with Crippen LogP contribution in [0.25, 0.3) is 0 Å². The lowest BCUT2D eigenvalue weighted by molar-refractivity contribution is -0.153. The van der Waals surface area contributed by atoms with Crippen LogP contribution in [0.4, 0.5) is 32.4 Å². The second kappa shape index (κ2) is 7.67. The molecular formula is C21H19F5N2O3. The fraction of sp³-hybridized carbons (Fsp3) is 0.381. The van der Waals surface area contributed by atoms with Crippen molar-refractivity contribution in [1.82, 2.24) is 4.90 Å². The summed E-state index contributed by atoms with van der Waals surface area (Å²) in [4.78, 5) is 16.0. The third-order valence-corrected chi connectivity index (χ3v) is 5.58. The number of urea groups is 1. The first-order valence-corrected chi connectivity index (χ1v) is 9.58. The number of rotatable bonds is 6. The normalized spacial score (nSPS) is 22.1. The van der Waals surface area contributed by atoms with Crippen LogP contribution >= 0.6 is 0 Å². The summed E-state index contributed by atoms with van der Waals surface area (Å²) in [5, 5.41) is 0. The van der Waals surface area contributed by atoms with E-state index >= 15 is 0 Å². The molecule has 2 atom stereocenters. The highest BCUT2D eigenvalue weighted by molar-refractivity contribution is 5.94. The number of ether oxygens (including phenoxy) is 2. The van der Waals surface area contributed by atoms with E-state index in [-0.39, 0.29) is 24.0 Å². The molecule has 2 saturated heterocycles. The van der Waals surface area contributed by atoms with Gasteiger partial charge < -0.3 is 14.4 Å². The Bertz CT molecular complexity index is 976. The van der Waals surface area contributed by atoms with Crippen molar-refractivity contribution in [2.24, 2.45) is 0 Å². The van der Waals surface area contributed by atoms with Crippen LogP contribution in [0.1, 0.15) is 12.5 Å². The summed E-state index contributed by atoms with van der Waals surface area (Å²) in [6.07, 6.45) is -4.44. The van der Waals surface area contributed by atoms with Gasteiger partial charge in [0.2, 0.25) is 0 Å². The first kappa shape index (κ1) is 21.4. The minimum atomic E-state index is -4.44. The van der Waals surface area contributed by atoms with Crippen LogP contribution < -0.4 is 9.64 Å². The number of hydrogen-bond donors (Lipinski definition) is 0. The van der Waals surface area contributed by atoms with Gasteiger partial charge in [-0.3, -0.25) is 4.90 Å². The van der Waals surface area contributed by atoms with Crippen molar-refractivity contribution in [3.8, 4) is 5.75 Å². The lowest BCUT2D eigenvalue weighted by atomic mass is 9.91. The summed E-state index contributed by atoms with van der Waals surface area (Å²) in [7, 11) is 0. The molecule has 0 radical (unpaired) electrons. The molecule has 166 valence electrons. The summed E-state index contributed by atoms with van der Waals surface area (Å²) in [5.74, 6) is -1.40. The SMILES string of the molecule is C[C@@H](N1CCN(c2ccc(OCC(F)(F)F)cc2)C1=O)[C@@]1(c2ccc(F)cc2F)CO1. The predicted octanol–water partition coefficient (Wildman–Crippen LogP) is 4.46. The summed E-state index contributed by atoms with van der Waals surface area (Å²) in [5.41, 5.74) is -0.352. The molecule has 4 rings (SSSR count). The molecule has 0 aromatic heterocycles. The van der Waals surface area contributed by atoms with Gasteiger partial charge in [0.1, 0.15) is 23.0 Å². The van der Waals surface area contributed by atoms with Crippen LogP contribution in [0.2, 0.25) is 0 Å². The molecule has 2 aromatic carbocycles. The van der Waals surface area contributed by atoms with Crippen LogP contribution in [-0.2, 0) is 10.3 Å². The first-order chi connectivity index (χ1) is 14.6. The molecule has 2 aliphatic heterocycles. The van der Waals surface area contributed by atoms with Gasteiger partial charge >= 0.3 is 12.2 Å². The van der Waals surface area contributed by atoms with Gasteiger partial charge in [0.15, 0.2) is 6.61 Å². The molecule has 10 heteroatoms. The molecule has 2 heterocycles. The minimum Gasteiger partial charge on any atom is -0.484 e. The van der Waals surface area contributed by atoms with Crippen LogP contribution in [-0.4, -0.2) is 49.5 Å². The summed E-state index contributed by atoms with van der Waals surface area (Å²) >= 11 is 0. The summed E-state index contributed by atoms with van der Waals surface area (Å²) in [6, 6.07) is 8.13. The van der Waals surface area contributed by atoms with E-state index in [2.05, 4.69) is 4.74 Å². The van der Waals surface area contributed by atoms with Crippen molar-refractivity contribution in [3.05, 3.63) is 59.7 Å². The van der Waals surface area contributed by atoms with E-state index in [1.807, 2.05) is 0 Å². The standard InChI is InChI=1S/C21H19F5N2O3/c1-13(20(11-31-20)17-7-2-14(22)10-18(17)23)27-8-9-28(19(27)29)15-3-5-16(6-4-15)30-12-21(24,25)26/h2-7,10,13H,8-9,11-12H2,1H3/t13-,20-/m1/s1. The first-order valence-electron chi connectivity index (χ1n) is 9.58. The van der Waals surface area contributed by atoms with Crippen LogP contribution in [0.3, 0.4) is 0 Å². The van der Waals surface area contributed by atoms with Crippen LogP contribution in [0, 0.1) is 11.6 Å². The number of hydrogen-bond acceptors (Lipinski definition) is 3. The van der Waals surface area contributed by atoms with Crippen LogP contribution in [0.5, 0.6) is 5.75 Å². The molecular weight excluding hydrogens is 423 g/mol. The average molecular weight is 442 g/mol. The Morgan fingerprint density at radius 3 is 2.39 bits per heavy atom. The van der Waals surface area contributed by atoms with Crippen molar-refractivity contribution >= 4 is 11.7 Å². The fourth-order valence-electron chi connectivity index (χ4n) is 3.82. The van der Waals surface area contributed by atoms with Gasteiger partial charge in [-0.1, -0.05) is 6.07 Å². The lowest BCUT2D eigenvalue weighted by Crippen LogP contribution is -2.45. The number of amides is 2. The van der Waals surface area contributed by atoms with E-state index in [0.717, 1.165) is 12.1 Å². The molecule has 0 N–H and O–H groups in total. The van der Waals surface area contributed by atoms with Gasteiger partial charge in [-0.15, -0.1) is 0 Å². The van der Waals surface area contributed by atoms with Gasteiger partial charge in [-0.2, -0.15) is 13.2 Å². The Morgan fingerprint density at radius 1 is 1.13 bits per heavy atom. The van der Waals surface area contributed by atoms with Gasteiger partial charge in [-0.25, -0.2) is 13.6 Å². The largest absolute Gasteiger partial charge is 0.484 e. The Kier molecular flexibility index (Phi) is 5.28. The Labute approximate surface area is 174 Å². The van der Waals surface area contributed by atoms with Gasteiger partial charge in [0.25, 0.3) is 0 Å². The van der Waals surface area contributed by atoms with Gasteiger partial charge in [0.05, 0.1) is 12.6 Å². The van der Waals surface area contributed by atoms with Crippen molar-refractivity contribution < 1.29 is 36.2 Å². The maximum atomic E-state index is 14.3. The number of alkyl halides is 3. The topological polar surface area (TPSA) is 45.3 Å². The maximum absolute atomic E-state index is 14.3. The molecule has 0 bridgehead atoms. The lowest BCUT2D eigenvalue weighted by Gasteiger charge is -2.30. The molecule has 0 saturated carbocycles. The monoisotopic (exact) mass is 442 g/mol. The Morgan fingerprint density at radius 2 is 1.81 bits per heavy atom. The molecule has 31 heavy (non-hydrogen) atoms. The number of nitrogens with zero attached hydrogens (tertiary/aromatic N) is 2. The zero-order chi connectivity index (χ0) is 22.4. The quantitative estimate of drug-likeness (QED) is 0.490. The predicted molar refractivity (Wildman–Crippen MR) is 101 cm³/mol. The van der Waals surface area contributed by atoms with Crippen molar-refractivity contribution in [1.29, 1.82) is 0 Å². The van der Waals surface area contributed by atoms with Crippen molar-refractivity contribution in [2.75, 3.05) is 31.2 Å².